The van der Waals surface area contributed by atoms with Crippen LogP contribution in [0, 0.1) is 5.92 Å². The lowest BCUT2D eigenvalue weighted by atomic mass is 9.97. The van der Waals surface area contributed by atoms with E-state index in [1.54, 1.807) is 13.2 Å². The zero-order valence-electron chi connectivity index (χ0n) is 17.4. The van der Waals surface area contributed by atoms with Crippen LogP contribution in [0.2, 0.25) is 0 Å². The number of aromatic nitrogens is 2. The number of rotatable bonds is 6. The number of methoxy groups -OCH3 is 1. The number of fused-ring (bicyclic) bond motifs is 1. The van der Waals surface area contributed by atoms with Crippen molar-refractivity contribution in [2.45, 2.75) is 30.1 Å². The molecule has 2 atom stereocenters. The Bertz CT molecular complexity index is 1180. The molecule has 1 aromatic heterocycles. The van der Waals surface area contributed by atoms with E-state index < -0.39 is 10.0 Å². The summed E-state index contributed by atoms with van der Waals surface area (Å²) in [6.07, 6.45) is 3.05. The first kappa shape index (κ1) is 20.4. The maximum absolute atomic E-state index is 13.4. The minimum atomic E-state index is -3.61. The number of sulfonamides is 1. The lowest BCUT2D eigenvalue weighted by molar-refractivity contribution is 0.147. The SMILES string of the molecule is COC[C@@H]1CN(S(=O)(=O)c2ccc3c(c2)CCC3)C[C@H]1c1nnc(-c2ccccc2)o1. The van der Waals surface area contributed by atoms with E-state index in [-0.39, 0.29) is 11.8 Å². The average molecular weight is 440 g/mol. The Balaban J connectivity index is 1.42. The van der Waals surface area contributed by atoms with Crippen molar-refractivity contribution in [3.63, 3.8) is 0 Å². The predicted molar refractivity (Wildman–Crippen MR) is 115 cm³/mol. The fraction of sp³-hybridized carbons (Fsp3) is 0.391. The second kappa shape index (κ2) is 8.18. The number of ether oxygens (including phenoxy) is 1. The molecule has 0 unspecified atom stereocenters. The summed E-state index contributed by atoms with van der Waals surface area (Å²) < 4.78 is 39.7. The quantitative estimate of drug-likeness (QED) is 0.586. The van der Waals surface area contributed by atoms with Crippen LogP contribution < -0.4 is 0 Å². The van der Waals surface area contributed by atoms with Crippen LogP contribution in [0.3, 0.4) is 0 Å². The van der Waals surface area contributed by atoms with Crippen molar-refractivity contribution in [2.24, 2.45) is 5.92 Å². The van der Waals surface area contributed by atoms with E-state index in [4.69, 9.17) is 9.15 Å². The molecule has 5 rings (SSSR count). The standard InChI is InChI=1S/C23H25N3O4S/c1-29-15-19-13-26(31(27,28)20-11-10-16-8-5-9-18(16)12-20)14-21(19)23-25-24-22(30-23)17-6-3-2-4-7-17/h2-4,6-7,10-12,19,21H,5,8-9,13-15H2,1H3/t19-,21+/m0/s1. The molecule has 2 heterocycles. The third kappa shape index (κ3) is 3.79. The van der Waals surface area contributed by atoms with Gasteiger partial charge in [0.1, 0.15) is 0 Å². The molecule has 3 aromatic rings. The smallest absolute Gasteiger partial charge is 0.247 e. The summed E-state index contributed by atoms with van der Waals surface area (Å²) in [5.41, 5.74) is 3.25. The van der Waals surface area contributed by atoms with Crippen molar-refractivity contribution in [3.8, 4) is 11.5 Å². The molecule has 31 heavy (non-hydrogen) atoms. The average Bonchev–Trinajstić information content (AvgIpc) is 3.53. The summed E-state index contributed by atoms with van der Waals surface area (Å²) in [7, 11) is -1.99. The fourth-order valence-corrected chi connectivity index (χ4v) is 6.20. The molecular formula is C23H25N3O4S. The fourth-order valence-electron chi connectivity index (χ4n) is 4.63. The highest BCUT2D eigenvalue weighted by Crippen LogP contribution is 2.37. The van der Waals surface area contributed by atoms with Crippen molar-refractivity contribution in [1.82, 2.24) is 14.5 Å². The first-order chi connectivity index (χ1) is 15.1. The Labute approximate surface area is 182 Å². The lowest BCUT2D eigenvalue weighted by Gasteiger charge is -2.17. The minimum absolute atomic E-state index is 0.0572. The number of nitrogens with zero attached hydrogens (tertiary/aromatic N) is 3. The molecule has 0 radical (unpaired) electrons. The van der Waals surface area contributed by atoms with Gasteiger partial charge in [-0.1, -0.05) is 24.3 Å². The second-order valence-electron chi connectivity index (χ2n) is 8.24. The highest BCUT2D eigenvalue weighted by atomic mass is 32.2. The summed E-state index contributed by atoms with van der Waals surface area (Å²) in [5.74, 6) is 0.617. The number of hydrogen-bond acceptors (Lipinski definition) is 6. The predicted octanol–water partition coefficient (Wildman–Crippen LogP) is 3.28. The Morgan fingerprint density at radius 1 is 1.06 bits per heavy atom. The van der Waals surface area contributed by atoms with Crippen LogP contribution in [0.1, 0.15) is 29.4 Å². The number of aryl methyl sites for hydroxylation is 2. The first-order valence-corrected chi connectivity index (χ1v) is 12.0. The Morgan fingerprint density at radius 3 is 2.68 bits per heavy atom. The van der Waals surface area contributed by atoms with Gasteiger partial charge < -0.3 is 9.15 Å². The normalized spacial score (nSPS) is 21.5. The van der Waals surface area contributed by atoms with Crippen LogP contribution in [0.25, 0.3) is 11.5 Å². The summed E-state index contributed by atoms with van der Waals surface area (Å²) >= 11 is 0. The molecule has 7 nitrogen and oxygen atoms in total. The summed E-state index contributed by atoms with van der Waals surface area (Å²) in [5, 5.41) is 8.43. The molecule has 8 heteroatoms. The van der Waals surface area contributed by atoms with Gasteiger partial charge >= 0.3 is 0 Å². The van der Waals surface area contributed by atoms with Crippen LogP contribution in [-0.4, -0.2) is 49.7 Å². The molecule has 1 saturated heterocycles. The molecule has 1 aliphatic carbocycles. The molecule has 0 bridgehead atoms. The van der Waals surface area contributed by atoms with Gasteiger partial charge in [-0.15, -0.1) is 10.2 Å². The number of hydrogen-bond donors (Lipinski definition) is 0. The molecular weight excluding hydrogens is 414 g/mol. The first-order valence-electron chi connectivity index (χ1n) is 10.6. The van der Waals surface area contributed by atoms with E-state index in [0.29, 0.717) is 36.4 Å². The Hall–Kier alpha value is -2.55. The van der Waals surface area contributed by atoms with Crippen molar-refractivity contribution in [2.75, 3.05) is 26.8 Å². The van der Waals surface area contributed by atoms with Gasteiger partial charge in [0, 0.05) is 31.7 Å². The van der Waals surface area contributed by atoms with E-state index in [2.05, 4.69) is 10.2 Å². The van der Waals surface area contributed by atoms with E-state index in [9.17, 15) is 8.42 Å². The molecule has 1 fully saturated rings. The van der Waals surface area contributed by atoms with Crippen LogP contribution in [0.15, 0.2) is 57.8 Å². The topological polar surface area (TPSA) is 85.5 Å². The summed E-state index contributed by atoms with van der Waals surface area (Å²) in [6.45, 7) is 1.08. The van der Waals surface area contributed by atoms with Crippen LogP contribution >= 0.6 is 0 Å². The second-order valence-corrected chi connectivity index (χ2v) is 10.2. The zero-order valence-corrected chi connectivity index (χ0v) is 18.2. The maximum atomic E-state index is 13.4. The largest absolute Gasteiger partial charge is 0.420 e. The monoisotopic (exact) mass is 439 g/mol. The van der Waals surface area contributed by atoms with Gasteiger partial charge in [0.15, 0.2) is 0 Å². The van der Waals surface area contributed by atoms with E-state index in [1.165, 1.54) is 9.87 Å². The zero-order chi connectivity index (χ0) is 21.4. The van der Waals surface area contributed by atoms with Crippen molar-refractivity contribution in [3.05, 3.63) is 65.5 Å². The van der Waals surface area contributed by atoms with Gasteiger partial charge in [0.2, 0.25) is 21.8 Å². The van der Waals surface area contributed by atoms with Crippen LogP contribution in [0.5, 0.6) is 0 Å². The Morgan fingerprint density at radius 2 is 1.87 bits per heavy atom. The van der Waals surface area contributed by atoms with Gasteiger partial charge in [-0.25, -0.2) is 8.42 Å². The third-order valence-electron chi connectivity index (χ3n) is 6.27. The van der Waals surface area contributed by atoms with Gasteiger partial charge in [0.05, 0.1) is 17.4 Å². The van der Waals surface area contributed by atoms with Crippen molar-refractivity contribution < 1.29 is 17.6 Å². The van der Waals surface area contributed by atoms with Crippen molar-refractivity contribution >= 4 is 10.0 Å². The van der Waals surface area contributed by atoms with E-state index >= 15 is 0 Å². The highest BCUT2D eigenvalue weighted by molar-refractivity contribution is 7.89. The molecule has 2 aromatic carbocycles. The molecule has 2 aliphatic rings. The molecule has 1 aliphatic heterocycles. The lowest BCUT2D eigenvalue weighted by Crippen LogP contribution is -2.29. The molecule has 0 amide bonds. The number of benzene rings is 2. The third-order valence-corrected chi connectivity index (χ3v) is 8.10. The van der Waals surface area contributed by atoms with E-state index in [1.807, 2.05) is 42.5 Å². The minimum Gasteiger partial charge on any atom is -0.420 e. The molecule has 0 spiro atoms. The highest BCUT2D eigenvalue weighted by Gasteiger charge is 2.42. The molecule has 162 valence electrons. The summed E-state index contributed by atoms with van der Waals surface area (Å²) in [4.78, 5) is 0.362. The summed E-state index contributed by atoms with van der Waals surface area (Å²) in [6, 6.07) is 15.1. The molecule has 0 N–H and O–H groups in total. The Kier molecular flexibility index (Phi) is 5.37. The van der Waals surface area contributed by atoms with E-state index in [0.717, 1.165) is 30.4 Å². The van der Waals surface area contributed by atoms with Gasteiger partial charge in [-0.05, 0) is 54.7 Å². The van der Waals surface area contributed by atoms with Gasteiger partial charge in [0.25, 0.3) is 0 Å². The van der Waals surface area contributed by atoms with Crippen molar-refractivity contribution in [1.29, 1.82) is 0 Å². The maximum Gasteiger partial charge on any atom is 0.247 e. The van der Waals surface area contributed by atoms with Gasteiger partial charge in [-0.3, -0.25) is 0 Å². The molecule has 0 saturated carbocycles. The van der Waals surface area contributed by atoms with Gasteiger partial charge in [-0.2, -0.15) is 4.31 Å². The van der Waals surface area contributed by atoms with Crippen LogP contribution in [-0.2, 0) is 27.6 Å². The van der Waals surface area contributed by atoms with Crippen LogP contribution in [0.4, 0.5) is 0 Å².